The summed E-state index contributed by atoms with van der Waals surface area (Å²) in [5, 5.41) is 0. The molecule has 1 aromatic heterocycles. The van der Waals surface area contributed by atoms with Gasteiger partial charge in [0.25, 0.3) is 5.91 Å². The lowest BCUT2D eigenvalue weighted by molar-refractivity contribution is -0.141. The number of furan rings is 1. The molecule has 2 aromatic carbocycles. The van der Waals surface area contributed by atoms with Gasteiger partial charge in [-0.15, -0.1) is 0 Å². The van der Waals surface area contributed by atoms with Gasteiger partial charge in [0.15, 0.2) is 5.76 Å². The molecule has 0 bridgehead atoms. The number of fused-ring (bicyclic) bond motifs is 1. The Morgan fingerprint density at radius 3 is 2.46 bits per heavy atom. The minimum Gasteiger partial charge on any atom is -0.486 e. The van der Waals surface area contributed by atoms with E-state index < -0.39 is 5.41 Å². The normalized spacial score (nSPS) is 17.9. The van der Waals surface area contributed by atoms with E-state index in [1.807, 2.05) is 56.0 Å². The highest BCUT2D eigenvalue weighted by Crippen LogP contribution is 2.39. The van der Waals surface area contributed by atoms with E-state index in [1.165, 1.54) is 5.56 Å². The number of hydrogen-bond acceptors (Lipinski definition) is 5. The predicted octanol–water partition coefficient (Wildman–Crippen LogP) is 4.85. The van der Waals surface area contributed by atoms with Crippen molar-refractivity contribution >= 4 is 11.8 Å². The van der Waals surface area contributed by atoms with Crippen LogP contribution in [0.2, 0.25) is 0 Å². The summed E-state index contributed by atoms with van der Waals surface area (Å²) in [6.45, 7) is 9.00. The van der Waals surface area contributed by atoms with Gasteiger partial charge in [-0.05, 0) is 47.4 Å². The molecule has 3 aromatic rings. The number of carbonyl (C=O) groups excluding carboxylic acids is 2. The van der Waals surface area contributed by atoms with E-state index in [0.29, 0.717) is 50.1 Å². The van der Waals surface area contributed by atoms with Crippen LogP contribution in [0, 0.1) is 5.41 Å². The van der Waals surface area contributed by atoms with E-state index in [-0.39, 0.29) is 24.5 Å². The van der Waals surface area contributed by atoms with Gasteiger partial charge in [0, 0.05) is 25.0 Å². The molecule has 1 fully saturated rings. The van der Waals surface area contributed by atoms with Crippen LogP contribution >= 0.6 is 0 Å². The number of carbonyl (C=O) groups is 2. The van der Waals surface area contributed by atoms with Crippen molar-refractivity contribution in [3.8, 4) is 5.75 Å². The smallest absolute Gasteiger partial charge is 0.289 e. The number of nitrogens with zero attached hydrogens (tertiary/aromatic N) is 2. The molecule has 2 aliphatic rings. The quantitative estimate of drug-likeness (QED) is 0.499. The third-order valence-electron chi connectivity index (χ3n) is 6.92. The van der Waals surface area contributed by atoms with Gasteiger partial charge in [-0.25, -0.2) is 0 Å². The molecule has 37 heavy (non-hydrogen) atoms. The summed E-state index contributed by atoms with van der Waals surface area (Å²) in [4.78, 5) is 29.8. The zero-order chi connectivity index (χ0) is 26.0. The van der Waals surface area contributed by atoms with Crippen LogP contribution in [0.25, 0.3) is 0 Å². The molecule has 1 unspecified atom stereocenters. The summed E-state index contributed by atoms with van der Waals surface area (Å²) in [7, 11) is 0. The largest absolute Gasteiger partial charge is 0.486 e. The van der Waals surface area contributed by atoms with E-state index in [4.69, 9.17) is 13.9 Å². The van der Waals surface area contributed by atoms with Crippen LogP contribution in [-0.4, -0.2) is 54.5 Å². The van der Waals surface area contributed by atoms with Gasteiger partial charge in [0.2, 0.25) is 5.91 Å². The van der Waals surface area contributed by atoms with E-state index in [9.17, 15) is 9.59 Å². The predicted molar refractivity (Wildman–Crippen MR) is 139 cm³/mol. The zero-order valence-corrected chi connectivity index (χ0v) is 21.7. The van der Waals surface area contributed by atoms with Crippen molar-refractivity contribution < 1.29 is 23.5 Å². The van der Waals surface area contributed by atoms with Gasteiger partial charge in [0.05, 0.1) is 19.3 Å². The molecule has 5 rings (SSSR count). The number of amides is 2. The fourth-order valence-corrected chi connectivity index (χ4v) is 4.97. The SMILES string of the molecule is CC(C)(C)C(=O)N1CCc2ccc(OCc3ccc(C(=O)N4CCOCC4)o3)cc2C1c1ccccc1. The van der Waals surface area contributed by atoms with E-state index in [2.05, 4.69) is 18.2 Å². The van der Waals surface area contributed by atoms with Crippen molar-refractivity contribution in [2.45, 2.75) is 39.8 Å². The molecule has 7 nitrogen and oxygen atoms in total. The van der Waals surface area contributed by atoms with E-state index in [0.717, 1.165) is 17.5 Å². The van der Waals surface area contributed by atoms with E-state index >= 15 is 0 Å². The highest BCUT2D eigenvalue weighted by atomic mass is 16.5. The minimum atomic E-state index is -0.478. The highest BCUT2D eigenvalue weighted by Gasteiger charge is 2.37. The van der Waals surface area contributed by atoms with Crippen LogP contribution in [-0.2, 0) is 22.6 Å². The van der Waals surface area contributed by atoms with Crippen molar-refractivity contribution in [2.24, 2.45) is 5.41 Å². The fraction of sp³-hybridized carbons (Fsp3) is 0.400. The van der Waals surface area contributed by atoms with Gasteiger partial charge in [0.1, 0.15) is 18.1 Å². The summed E-state index contributed by atoms with van der Waals surface area (Å²) >= 11 is 0. The molecule has 0 spiro atoms. The summed E-state index contributed by atoms with van der Waals surface area (Å²) in [5.41, 5.74) is 2.90. The number of rotatable bonds is 5. The second-order valence-corrected chi connectivity index (χ2v) is 10.6. The minimum absolute atomic E-state index is 0.127. The Morgan fingerprint density at radius 1 is 0.973 bits per heavy atom. The summed E-state index contributed by atoms with van der Waals surface area (Å²) < 4.78 is 17.2. The molecule has 1 saturated heterocycles. The molecule has 0 saturated carbocycles. The average Bonchev–Trinajstić information content (AvgIpc) is 3.40. The molecule has 3 heterocycles. The Labute approximate surface area is 218 Å². The lowest BCUT2D eigenvalue weighted by atomic mass is 9.85. The summed E-state index contributed by atoms with van der Waals surface area (Å²) in [6, 6.07) is 19.6. The van der Waals surface area contributed by atoms with E-state index in [1.54, 1.807) is 17.0 Å². The first kappa shape index (κ1) is 25.1. The number of hydrogen-bond donors (Lipinski definition) is 0. The molecule has 2 aliphatic heterocycles. The topological polar surface area (TPSA) is 72.2 Å². The maximum absolute atomic E-state index is 13.4. The summed E-state index contributed by atoms with van der Waals surface area (Å²) in [5.74, 6) is 1.59. The molecule has 0 N–H and O–H groups in total. The van der Waals surface area contributed by atoms with Crippen molar-refractivity contribution in [3.63, 3.8) is 0 Å². The lowest BCUT2D eigenvalue weighted by Crippen LogP contribution is -2.45. The first-order valence-electron chi connectivity index (χ1n) is 12.9. The molecule has 0 radical (unpaired) electrons. The molecular weight excluding hydrogens is 468 g/mol. The molecule has 2 amide bonds. The zero-order valence-electron chi connectivity index (χ0n) is 21.7. The van der Waals surface area contributed by atoms with Crippen LogP contribution in [0.15, 0.2) is 65.1 Å². The maximum Gasteiger partial charge on any atom is 0.289 e. The van der Waals surface area contributed by atoms with Crippen LogP contribution < -0.4 is 4.74 Å². The molecular formula is C30H34N2O5. The Hall–Kier alpha value is -3.58. The fourth-order valence-electron chi connectivity index (χ4n) is 4.97. The Kier molecular flexibility index (Phi) is 7.07. The van der Waals surface area contributed by atoms with Gasteiger partial charge >= 0.3 is 0 Å². The number of morpholine rings is 1. The molecule has 194 valence electrons. The average molecular weight is 503 g/mol. The van der Waals surface area contributed by atoms with Crippen LogP contribution in [0.3, 0.4) is 0 Å². The third-order valence-corrected chi connectivity index (χ3v) is 6.92. The maximum atomic E-state index is 13.4. The van der Waals surface area contributed by atoms with Crippen molar-refractivity contribution in [1.82, 2.24) is 9.80 Å². The molecule has 7 heteroatoms. The first-order chi connectivity index (χ1) is 17.8. The van der Waals surface area contributed by atoms with Crippen LogP contribution in [0.5, 0.6) is 5.75 Å². The van der Waals surface area contributed by atoms with Crippen LogP contribution in [0.1, 0.15) is 59.8 Å². The Bertz CT molecular complexity index is 1250. The van der Waals surface area contributed by atoms with Crippen molar-refractivity contribution in [3.05, 3.63) is 88.9 Å². The number of ether oxygens (including phenoxy) is 2. The second kappa shape index (κ2) is 10.4. The number of benzene rings is 2. The standard InChI is InChI=1S/C30H34N2O5/c1-30(2,3)29(34)32-14-13-21-9-10-23(19-25(21)27(32)22-7-5-4-6-8-22)36-20-24-11-12-26(37-24)28(33)31-15-17-35-18-16-31/h4-12,19,27H,13-18,20H2,1-3H3. The summed E-state index contributed by atoms with van der Waals surface area (Å²) in [6.07, 6.45) is 0.798. The van der Waals surface area contributed by atoms with Crippen LogP contribution in [0.4, 0.5) is 0 Å². The molecule has 0 aliphatic carbocycles. The van der Waals surface area contributed by atoms with Crippen molar-refractivity contribution in [1.29, 1.82) is 0 Å². The Morgan fingerprint density at radius 2 is 1.73 bits per heavy atom. The monoisotopic (exact) mass is 502 g/mol. The highest BCUT2D eigenvalue weighted by molar-refractivity contribution is 5.91. The first-order valence-corrected chi connectivity index (χ1v) is 12.9. The van der Waals surface area contributed by atoms with Gasteiger partial charge in [-0.1, -0.05) is 57.2 Å². The Balaban J connectivity index is 1.36. The second-order valence-electron chi connectivity index (χ2n) is 10.6. The van der Waals surface area contributed by atoms with Gasteiger partial charge < -0.3 is 23.7 Å². The third kappa shape index (κ3) is 5.42. The molecule has 1 atom stereocenters. The van der Waals surface area contributed by atoms with Gasteiger partial charge in [-0.3, -0.25) is 9.59 Å². The van der Waals surface area contributed by atoms with Crippen molar-refractivity contribution in [2.75, 3.05) is 32.8 Å². The lowest BCUT2D eigenvalue weighted by Gasteiger charge is -2.41. The van der Waals surface area contributed by atoms with Gasteiger partial charge in [-0.2, -0.15) is 0 Å².